The fourth-order valence-corrected chi connectivity index (χ4v) is 3.91. The van der Waals surface area contributed by atoms with Gasteiger partial charge in [0, 0.05) is 31.5 Å². The summed E-state index contributed by atoms with van der Waals surface area (Å²) in [6.07, 6.45) is 1.51. The molecule has 0 bridgehead atoms. The van der Waals surface area contributed by atoms with E-state index in [0.29, 0.717) is 11.4 Å². The van der Waals surface area contributed by atoms with Gasteiger partial charge in [-0.2, -0.15) is 5.10 Å². The summed E-state index contributed by atoms with van der Waals surface area (Å²) in [6.45, 7) is 0. The first-order chi connectivity index (χ1) is 15.7. The Balaban J connectivity index is 1.78. The molecule has 3 aromatic carbocycles. The van der Waals surface area contributed by atoms with Gasteiger partial charge in [0.15, 0.2) is 0 Å². The van der Waals surface area contributed by atoms with Crippen molar-refractivity contribution in [1.82, 2.24) is 0 Å². The van der Waals surface area contributed by atoms with Crippen molar-refractivity contribution in [2.75, 3.05) is 36.3 Å². The SMILES string of the molecule is COc1ccc(NS(=O)(=O)c2ccc(N/N=C\c3ccc(N(C)C)cc3)c([N+](=O)[O-])c2)cc1. The van der Waals surface area contributed by atoms with Gasteiger partial charge in [0.25, 0.3) is 15.7 Å². The Bertz CT molecular complexity index is 1260. The Kier molecular flexibility index (Phi) is 7.13. The number of methoxy groups -OCH3 is 1. The molecule has 3 rings (SSSR count). The minimum Gasteiger partial charge on any atom is -0.497 e. The van der Waals surface area contributed by atoms with E-state index in [-0.39, 0.29) is 10.6 Å². The molecule has 10 nitrogen and oxygen atoms in total. The minimum absolute atomic E-state index is 0.0598. The molecule has 0 aromatic heterocycles. The van der Waals surface area contributed by atoms with Crippen molar-refractivity contribution in [3.63, 3.8) is 0 Å². The van der Waals surface area contributed by atoms with Crippen LogP contribution in [0.4, 0.5) is 22.7 Å². The van der Waals surface area contributed by atoms with Gasteiger partial charge < -0.3 is 9.64 Å². The summed E-state index contributed by atoms with van der Waals surface area (Å²) in [5.41, 5.74) is 4.36. The van der Waals surface area contributed by atoms with Gasteiger partial charge in [0.1, 0.15) is 11.4 Å². The molecule has 172 valence electrons. The summed E-state index contributed by atoms with van der Waals surface area (Å²) in [5, 5.41) is 15.6. The summed E-state index contributed by atoms with van der Waals surface area (Å²) in [4.78, 5) is 12.6. The maximum Gasteiger partial charge on any atom is 0.295 e. The van der Waals surface area contributed by atoms with Crippen molar-refractivity contribution in [3.05, 3.63) is 82.4 Å². The smallest absolute Gasteiger partial charge is 0.295 e. The highest BCUT2D eigenvalue weighted by molar-refractivity contribution is 7.92. The first kappa shape index (κ1) is 23.5. The van der Waals surface area contributed by atoms with Gasteiger partial charge in [0.05, 0.1) is 23.1 Å². The highest BCUT2D eigenvalue weighted by Crippen LogP contribution is 2.29. The number of hydrogen-bond donors (Lipinski definition) is 2. The number of nitro groups is 1. The summed E-state index contributed by atoms with van der Waals surface area (Å²) >= 11 is 0. The van der Waals surface area contributed by atoms with Gasteiger partial charge >= 0.3 is 0 Å². The molecule has 0 atom stereocenters. The van der Waals surface area contributed by atoms with Crippen LogP contribution in [0.15, 0.2) is 76.7 Å². The zero-order valence-electron chi connectivity index (χ0n) is 18.2. The summed E-state index contributed by atoms with van der Waals surface area (Å²) in [6, 6.07) is 17.3. The Morgan fingerprint density at radius 2 is 1.70 bits per heavy atom. The molecule has 0 fully saturated rings. The Labute approximate surface area is 191 Å². The van der Waals surface area contributed by atoms with Crippen LogP contribution in [0.2, 0.25) is 0 Å². The average Bonchev–Trinajstić information content (AvgIpc) is 2.79. The molecule has 0 radical (unpaired) electrons. The van der Waals surface area contributed by atoms with Crippen LogP contribution in [-0.2, 0) is 10.0 Å². The normalized spacial score (nSPS) is 11.2. The highest BCUT2D eigenvalue weighted by atomic mass is 32.2. The quantitative estimate of drug-likeness (QED) is 0.276. The molecular weight excluding hydrogens is 446 g/mol. The molecule has 0 spiro atoms. The van der Waals surface area contributed by atoms with E-state index in [9.17, 15) is 18.5 Å². The second-order valence-electron chi connectivity index (χ2n) is 7.13. The molecule has 2 N–H and O–H groups in total. The minimum atomic E-state index is -4.05. The standard InChI is InChI=1S/C22H23N5O5S/c1-26(2)18-8-4-16(5-9-18)15-23-24-21-13-12-20(14-22(21)27(28)29)33(30,31)25-17-6-10-19(32-3)11-7-17/h4-15,24-25H,1-3H3/b23-15-. The topological polar surface area (TPSA) is 126 Å². The number of anilines is 3. The van der Waals surface area contributed by atoms with E-state index in [1.165, 1.54) is 37.6 Å². The number of hydrazone groups is 1. The molecule has 11 heteroatoms. The van der Waals surface area contributed by atoms with Crippen LogP contribution in [0.3, 0.4) is 0 Å². The predicted molar refractivity (Wildman–Crippen MR) is 129 cm³/mol. The van der Waals surface area contributed by atoms with Crippen LogP contribution >= 0.6 is 0 Å². The third-order valence-electron chi connectivity index (χ3n) is 4.63. The maximum atomic E-state index is 12.7. The van der Waals surface area contributed by atoms with Crippen LogP contribution in [0.5, 0.6) is 5.75 Å². The van der Waals surface area contributed by atoms with Crippen LogP contribution < -0.4 is 19.8 Å². The first-order valence-corrected chi connectivity index (χ1v) is 11.2. The molecule has 0 aliphatic rings. The number of nitrogens with one attached hydrogen (secondary N) is 2. The van der Waals surface area contributed by atoms with Crippen LogP contribution in [-0.4, -0.2) is 40.8 Å². The van der Waals surface area contributed by atoms with Crippen molar-refractivity contribution in [3.8, 4) is 5.75 Å². The summed E-state index contributed by atoms with van der Waals surface area (Å²) < 4.78 is 32.8. The van der Waals surface area contributed by atoms with E-state index < -0.39 is 20.6 Å². The second-order valence-corrected chi connectivity index (χ2v) is 8.81. The maximum absolute atomic E-state index is 12.7. The fraction of sp³-hybridized carbons (Fsp3) is 0.136. The predicted octanol–water partition coefficient (Wildman–Crippen LogP) is 3.92. The number of sulfonamides is 1. The Morgan fingerprint density at radius 1 is 1.03 bits per heavy atom. The van der Waals surface area contributed by atoms with E-state index in [1.807, 2.05) is 43.3 Å². The lowest BCUT2D eigenvalue weighted by atomic mass is 10.2. The number of nitrogens with zero attached hydrogens (tertiary/aromatic N) is 3. The largest absolute Gasteiger partial charge is 0.497 e. The molecule has 3 aromatic rings. The van der Waals surface area contributed by atoms with Crippen LogP contribution in [0.1, 0.15) is 5.56 Å². The van der Waals surface area contributed by atoms with Gasteiger partial charge in [-0.25, -0.2) is 8.42 Å². The van der Waals surface area contributed by atoms with E-state index in [1.54, 1.807) is 12.1 Å². The molecule has 0 unspecified atom stereocenters. The number of nitro benzene ring substituents is 1. The monoisotopic (exact) mass is 469 g/mol. The van der Waals surface area contributed by atoms with Crippen molar-refractivity contribution < 1.29 is 18.1 Å². The fourth-order valence-electron chi connectivity index (χ4n) is 2.83. The molecule has 0 aliphatic heterocycles. The molecule has 0 heterocycles. The molecule has 33 heavy (non-hydrogen) atoms. The van der Waals surface area contributed by atoms with Crippen molar-refractivity contribution in [2.45, 2.75) is 4.90 Å². The molecule has 0 saturated carbocycles. The first-order valence-electron chi connectivity index (χ1n) is 9.71. The van der Waals surface area contributed by atoms with E-state index in [4.69, 9.17) is 4.74 Å². The van der Waals surface area contributed by atoms with E-state index >= 15 is 0 Å². The third-order valence-corrected chi connectivity index (χ3v) is 6.01. The number of rotatable bonds is 9. The number of ether oxygens (including phenoxy) is 1. The van der Waals surface area contributed by atoms with Gasteiger partial charge in [-0.15, -0.1) is 0 Å². The van der Waals surface area contributed by atoms with Gasteiger partial charge in [0.2, 0.25) is 0 Å². The summed E-state index contributed by atoms with van der Waals surface area (Å²) in [5.74, 6) is 0.568. The van der Waals surface area contributed by atoms with Crippen molar-refractivity contribution in [1.29, 1.82) is 0 Å². The Hall–Kier alpha value is -4.12. The number of hydrogen-bond acceptors (Lipinski definition) is 8. The van der Waals surface area contributed by atoms with Crippen LogP contribution in [0.25, 0.3) is 0 Å². The molecule has 0 aliphatic carbocycles. The lowest BCUT2D eigenvalue weighted by molar-refractivity contribution is -0.384. The average molecular weight is 470 g/mol. The summed E-state index contributed by atoms with van der Waals surface area (Å²) in [7, 11) is 1.31. The van der Waals surface area contributed by atoms with Crippen molar-refractivity contribution >= 4 is 39.0 Å². The molecule has 0 amide bonds. The van der Waals surface area contributed by atoms with Gasteiger partial charge in [-0.1, -0.05) is 12.1 Å². The highest BCUT2D eigenvalue weighted by Gasteiger charge is 2.21. The van der Waals surface area contributed by atoms with Crippen LogP contribution in [0, 0.1) is 10.1 Å². The molecular formula is C22H23N5O5S. The van der Waals surface area contributed by atoms with Crippen molar-refractivity contribution in [2.24, 2.45) is 5.10 Å². The van der Waals surface area contributed by atoms with E-state index in [2.05, 4.69) is 15.2 Å². The third kappa shape index (κ3) is 5.98. The van der Waals surface area contributed by atoms with E-state index in [0.717, 1.165) is 17.3 Å². The molecule has 0 saturated heterocycles. The zero-order valence-corrected chi connectivity index (χ0v) is 19.0. The number of benzene rings is 3. The zero-order chi connectivity index (χ0) is 24.0. The lowest BCUT2D eigenvalue weighted by Gasteiger charge is -2.11. The van der Waals surface area contributed by atoms with Gasteiger partial charge in [-0.05, 0) is 54.1 Å². The Morgan fingerprint density at radius 3 is 2.27 bits per heavy atom. The lowest BCUT2D eigenvalue weighted by Crippen LogP contribution is -2.13. The second kappa shape index (κ2) is 10.0. The van der Waals surface area contributed by atoms with Gasteiger partial charge in [-0.3, -0.25) is 20.3 Å².